The molecule has 2 heterocycles. The highest BCUT2D eigenvalue weighted by molar-refractivity contribution is 7.20. The summed E-state index contributed by atoms with van der Waals surface area (Å²) in [5, 5.41) is 4.11. The van der Waals surface area contributed by atoms with E-state index in [1.165, 1.54) is 0 Å². The van der Waals surface area contributed by atoms with E-state index in [0.29, 0.717) is 19.8 Å². The molecular formula is C24H28N2O2S. The number of morpholine rings is 1. The molecule has 29 heavy (non-hydrogen) atoms. The molecule has 152 valence electrons. The second kappa shape index (κ2) is 9.83. The number of ether oxygens (including phenoxy) is 1. The zero-order valence-corrected chi connectivity index (χ0v) is 18.0. The van der Waals surface area contributed by atoms with Gasteiger partial charge in [-0.25, -0.2) is 0 Å². The van der Waals surface area contributed by atoms with Gasteiger partial charge in [0.15, 0.2) is 0 Å². The Kier molecular flexibility index (Phi) is 7.20. The number of nitrogens with one attached hydrogen (secondary N) is 1. The number of thiophene rings is 1. The summed E-state index contributed by atoms with van der Waals surface area (Å²) in [5.41, 5.74) is 3.98. The van der Waals surface area contributed by atoms with Crippen molar-refractivity contribution in [1.29, 1.82) is 0 Å². The van der Waals surface area contributed by atoms with Crippen molar-refractivity contribution in [3.63, 3.8) is 0 Å². The van der Waals surface area contributed by atoms with Gasteiger partial charge in [0.2, 0.25) is 5.91 Å². The summed E-state index contributed by atoms with van der Waals surface area (Å²) < 4.78 is 6.49. The molecule has 4 nitrogen and oxygen atoms in total. The lowest BCUT2D eigenvalue weighted by molar-refractivity contribution is -0.118. The van der Waals surface area contributed by atoms with Crippen LogP contribution >= 0.6 is 11.3 Å². The molecule has 0 aliphatic carbocycles. The molecule has 0 saturated carbocycles. The Bertz CT molecular complexity index is 978. The first-order valence-corrected chi connectivity index (χ1v) is 10.6. The topological polar surface area (TPSA) is 41.6 Å². The van der Waals surface area contributed by atoms with Gasteiger partial charge in [0, 0.05) is 39.3 Å². The smallest absolute Gasteiger partial charge is 0.238 e. The van der Waals surface area contributed by atoms with Gasteiger partial charge in [0.05, 0.1) is 19.8 Å². The summed E-state index contributed by atoms with van der Waals surface area (Å²) in [6, 6.07) is 6.04. The molecule has 0 unspecified atom stereocenters. The van der Waals surface area contributed by atoms with E-state index in [1.807, 2.05) is 37.3 Å². The number of fused-ring (bicyclic) bond motifs is 1. The van der Waals surface area contributed by atoms with Crippen LogP contribution in [0.3, 0.4) is 0 Å². The molecule has 1 amide bonds. The normalized spacial score (nSPS) is 15.7. The van der Waals surface area contributed by atoms with Gasteiger partial charge in [-0.3, -0.25) is 9.69 Å². The number of allylic oxidation sites excluding steroid dienone is 5. The largest absolute Gasteiger partial charge is 0.379 e. The third kappa shape index (κ3) is 5.12. The molecule has 5 heteroatoms. The second-order valence-electron chi connectivity index (χ2n) is 7.05. The number of carbonyl (C=O) groups is 1. The summed E-state index contributed by atoms with van der Waals surface area (Å²) in [5.74, 6) is -0.00334. The van der Waals surface area contributed by atoms with Crippen LogP contribution in [0.1, 0.15) is 24.3 Å². The standard InChI is InChI=1S/C24H28N2O2S/c1-5-7-8-17(3)18(4)24-20(6-2)21-15-19(9-10-22(21)29-24)25-23(27)16-26-11-13-28-14-12-26/h5-10,15H,2,4,11-14,16H2,1,3H3,(H,25,27). The van der Waals surface area contributed by atoms with Crippen LogP contribution in [0.15, 0.2) is 55.2 Å². The van der Waals surface area contributed by atoms with Crippen LogP contribution < -0.4 is 5.32 Å². The maximum Gasteiger partial charge on any atom is 0.238 e. The Morgan fingerprint density at radius 1 is 1.34 bits per heavy atom. The van der Waals surface area contributed by atoms with Crippen molar-refractivity contribution < 1.29 is 9.53 Å². The minimum atomic E-state index is -0.00334. The molecule has 1 aliphatic heterocycles. The van der Waals surface area contributed by atoms with Crippen LogP contribution in [0.25, 0.3) is 21.7 Å². The van der Waals surface area contributed by atoms with Crippen LogP contribution in [0.2, 0.25) is 0 Å². The van der Waals surface area contributed by atoms with Crippen molar-refractivity contribution in [1.82, 2.24) is 4.90 Å². The number of amides is 1. The molecule has 0 radical (unpaired) electrons. The van der Waals surface area contributed by atoms with E-state index in [0.717, 1.165) is 50.4 Å². The van der Waals surface area contributed by atoms with Crippen molar-refractivity contribution in [2.75, 3.05) is 38.2 Å². The maximum absolute atomic E-state index is 12.4. The Morgan fingerprint density at radius 2 is 2.10 bits per heavy atom. The predicted octanol–water partition coefficient (Wildman–Crippen LogP) is 5.35. The third-order valence-corrected chi connectivity index (χ3v) is 6.22. The molecule has 1 saturated heterocycles. The first-order valence-electron chi connectivity index (χ1n) is 9.81. The molecular weight excluding hydrogens is 380 g/mol. The second-order valence-corrected chi connectivity index (χ2v) is 8.10. The average Bonchev–Trinajstić information content (AvgIpc) is 3.09. The van der Waals surface area contributed by atoms with E-state index in [4.69, 9.17) is 4.74 Å². The van der Waals surface area contributed by atoms with Crippen LogP contribution in [0, 0.1) is 0 Å². The van der Waals surface area contributed by atoms with E-state index < -0.39 is 0 Å². The number of rotatable bonds is 7. The van der Waals surface area contributed by atoms with Gasteiger partial charge in [0.1, 0.15) is 0 Å². The fourth-order valence-electron chi connectivity index (χ4n) is 3.30. The first-order chi connectivity index (χ1) is 14.0. The highest BCUT2D eigenvalue weighted by atomic mass is 32.1. The Morgan fingerprint density at radius 3 is 2.79 bits per heavy atom. The van der Waals surface area contributed by atoms with Crippen LogP contribution in [-0.2, 0) is 9.53 Å². The van der Waals surface area contributed by atoms with Gasteiger partial charge in [0.25, 0.3) is 0 Å². The van der Waals surface area contributed by atoms with E-state index in [1.54, 1.807) is 11.3 Å². The molecule has 0 spiro atoms. The van der Waals surface area contributed by atoms with Crippen molar-refractivity contribution in [3.05, 3.63) is 65.6 Å². The Hall–Kier alpha value is -2.47. The Labute approximate surface area is 176 Å². The van der Waals surface area contributed by atoms with Gasteiger partial charge < -0.3 is 10.1 Å². The van der Waals surface area contributed by atoms with E-state index >= 15 is 0 Å². The molecule has 0 atom stereocenters. The molecule has 3 rings (SSSR count). The highest BCUT2D eigenvalue weighted by Gasteiger charge is 2.16. The molecule has 1 fully saturated rings. The van der Waals surface area contributed by atoms with Crippen LogP contribution in [0.5, 0.6) is 0 Å². The summed E-state index contributed by atoms with van der Waals surface area (Å²) in [7, 11) is 0. The monoisotopic (exact) mass is 408 g/mol. The highest BCUT2D eigenvalue weighted by Crippen LogP contribution is 2.39. The molecule has 2 aromatic rings. The maximum atomic E-state index is 12.4. The predicted molar refractivity (Wildman–Crippen MR) is 125 cm³/mol. The van der Waals surface area contributed by atoms with Crippen molar-refractivity contribution in [2.45, 2.75) is 13.8 Å². The summed E-state index contributed by atoms with van der Waals surface area (Å²) in [6.45, 7) is 15.7. The van der Waals surface area contributed by atoms with Gasteiger partial charge in [-0.15, -0.1) is 11.3 Å². The summed E-state index contributed by atoms with van der Waals surface area (Å²) in [4.78, 5) is 15.7. The SMILES string of the molecule is C=Cc1c(C(=C)C(C)=CC=CC)sc2ccc(NC(=O)CN3CCOCC3)cc12. The lowest BCUT2D eigenvalue weighted by Crippen LogP contribution is -2.41. The lowest BCUT2D eigenvalue weighted by Gasteiger charge is -2.25. The summed E-state index contributed by atoms with van der Waals surface area (Å²) in [6.07, 6.45) is 7.96. The number of carbonyl (C=O) groups excluding carboxylic acids is 1. The number of benzene rings is 1. The molecule has 1 aromatic heterocycles. The minimum Gasteiger partial charge on any atom is -0.379 e. The van der Waals surface area contributed by atoms with Gasteiger partial charge >= 0.3 is 0 Å². The number of anilines is 1. The first kappa shape index (κ1) is 21.2. The van der Waals surface area contributed by atoms with E-state index in [-0.39, 0.29) is 5.91 Å². The zero-order valence-electron chi connectivity index (χ0n) is 17.2. The van der Waals surface area contributed by atoms with Crippen molar-refractivity contribution in [2.24, 2.45) is 0 Å². The van der Waals surface area contributed by atoms with Crippen LogP contribution in [-0.4, -0.2) is 43.7 Å². The fourth-order valence-corrected chi connectivity index (χ4v) is 4.53. The number of nitrogens with zero attached hydrogens (tertiary/aromatic N) is 1. The van der Waals surface area contributed by atoms with Crippen LogP contribution in [0.4, 0.5) is 5.69 Å². The molecule has 1 aliphatic rings. The average molecular weight is 409 g/mol. The van der Waals surface area contributed by atoms with Gasteiger partial charge in [-0.1, -0.05) is 37.5 Å². The lowest BCUT2D eigenvalue weighted by atomic mass is 10.0. The Balaban J connectivity index is 1.82. The summed E-state index contributed by atoms with van der Waals surface area (Å²) >= 11 is 1.70. The quantitative estimate of drug-likeness (QED) is 0.628. The minimum absolute atomic E-state index is 0.00334. The van der Waals surface area contributed by atoms with Gasteiger partial charge in [-0.2, -0.15) is 0 Å². The van der Waals surface area contributed by atoms with E-state index in [9.17, 15) is 4.79 Å². The molecule has 1 N–H and O–H groups in total. The van der Waals surface area contributed by atoms with Gasteiger partial charge in [-0.05, 0) is 43.2 Å². The third-order valence-electron chi connectivity index (χ3n) is 4.97. The van der Waals surface area contributed by atoms with E-state index in [2.05, 4.69) is 42.4 Å². The number of hydrogen-bond acceptors (Lipinski definition) is 4. The molecule has 0 bridgehead atoms. The van der Waals surface area contributed by atoms with Crippen molar-refractivity contribution in [3.8, 4) is 0 Å². The fraction of sp³-hybridized carbons (Fsp3) is 0.292. The van der Waals surface area contributed by atoms with Crippen molar-refractivity contribution >= 4 is 44.7 Å². The zero-order chi connectivity index (χ0) is 20.8. The molecule has 1 aromatic carbocycles. The number of hydrogen-bond donors (Lipinski definition) is 1.